The first-order valence-electron chi connectivity index (χ1n) is 8.62. The Balaban J connectivity index is 1.82. The average molecular weight is 400 g/mol. The number of hydrogen-bond donors (Lipinski definition) is 2. The third-order valence-electron chi connectivity index (χ3n) is 3.60. The number of methoxy groups -OCH3 is 1. The fraction of sp³-hybridized carbons (Fsp3) is 0.200. The summed E-state index contributed by atoms with van der Waals surface area (Å²) in [5.41, 5.74) is 5.18. The molecular formula is C20H20N2O7. The van der Waals surface area contributed by atoms with E-state index in [2.05, 4.69) is 15.6 Å². The van der Waals surface area contributed by atoms with E-state index in [0.717, 1.165) is 0 Å². The Morgan fingerprint density at radius 1 is 0.862 bits per heavy atom. The molecule has 29 heavy (non-hydrogen) atoms. The summed E-state index contributed by atoms with van der Waals surface area (Å²) in [4.78, 5) is 47.0. The monoisotopic (exact) mass is 400 g/mol. The Kier molecular flexibility index (Phi) is 7.72. The Bertz CT molecular complexity index is 894. The number of ether oxygens (including phenoxy) is 3. The molecule has 0 aliphatic rings. The maximum atomic E-state index is 12.1. The molecule has 0 saturated heterocycles. The Morgan fingerprint density at radius 2 is 1.55 bits per heavy atom. The number of esters is 2. The molecule has 0 aliphatic heterocycles. The van der Waals surface area contributed by atoms with Crippen molar-refractivity contribution >= 4 is 23.8 Å². The van der Waals surface area contributed by atoms with Crippen molar-refractivity contribution in [2.24, 2.45) is 0 Å². The first-order chi connectivity index (χ1) is 13.9. The van der Waals surface area contributed by atoms with Crippen molar-refractivity contribution in [1.29, 1.82) is 0 Å². The SMILES string of the molecule is CCOC(=O)c1ccc(OCC(=O)NNC(=O)c2cccc(C(=O)OC)c2)cc1. The minimum Gasteiger partial charge on any atom is -0.484 e. The van der Waals surface area contributed by atoms with E-state index < -0.39 is 23.8 Å². The van der Waals surface area contributed by atoms with Gasteiger partial charge in [0.15, 0.2) is 6.61 Å². The van der Waals surface area contributed by atoms with Crippen molar-refractivity contribution in [3.8, 4) is 5.75 Å². The summed E-state index contributed by atoms with van der Waals surface area (Å²) in [5, 5.41) is 0. The molecular weight excluding hydrogens is 380 g/mol. The molecule has 0 aliphatic carbocycles. The summed E-state index contributed by atoms with van der Waals surface area (Å²) in [5.74, 6) is -1.87. The van der Waals surface area contributed by atoms with Gasteiger partial charge in [-0.25, -0.2) is 9.59 Å². The summed E-state index contributed by atoms with van der Waals surface area (Å²) < 4.78 is 14.8. The molecule has 0 radical (unpaired) electrons. The lowest BCUT2D eigenvalue weighted by Crippen LogP contribution is -2.43. The second-order valence-electron chi connectivity index (χ2n) is 5.61. The molecule has 0 fully saturated rings. The number of nitrogens with one attached hydrogen (secondary N) is 2. The second-order valence-corrected chi connectivity index (χ2v) is 5.61. The van der Waals surface area contributed by atoms with Crippen LogP contribution >= 0.6 is 0 Å². The summed E-state index contributed by atoms with van der Waals surface area (Å²) in [7, 11) is 1.24. The van der Waals surface area contributed by atoms with Gasteiger partial charge in [-0.05, 0) is 49.4 Å². The van der Waals surface area contributed by atoms with Gasteiger partial charge in [0.05, 0.1) is 24.8 Å². The van der Waals surface area contributed by atoms with Gasteiger partial charge in [-0.3, -0.25) is 20.4 Å². The molecule has 2 aromatic rings. The summed E-state index contributed by atoms with van der Waals surface area (Å²) in [6.07, 6.45) is 0. The van der Waals surface area contributed by atoms with Crippen LogP contribution in [0, 0.1) is 0 Å². The molecule has 0 bridgehead atoms. The van der Waals surface area contributed by atoms with Crippen LogP contribution in [-0.2, 0) is 14.3 Å². The van der Waals surface area contributed by atoms with Gasteiger partial charge in [-0.2, -0.15) is 0 Å². The molecule has 9 nitrogen and oxygen atoms in total. The molecule has 0 atom stereocenters. The highest BCUT2D eigenvalue weighted by atomic mass is 16.5. The van der Waals surface area contributed by atoms with Gasteiger partial charge in [0.1, 0.15) is 5.75 Å². The number of hydrazine groups is 1. The molecule has 0 saturated carbocycles. The van der Waals surface area contributed by atoms with Crippen molar-refractivity contribution in [1.82, 2.24) is 10.9 Å². The van der Waals surface area contributed by atoms with Crippen LogP contribution < -0.4 is 15.6 Å². The lowest BCUT2D eigenvalue weighted by Gasteiger charge is -2.10. The number of amides is 2. The zero-order valence-corrected chi connectivity index (χ0v) is 15.9. The summed E-state index contributed by atoms with van der Waals surface area (Å²) in [6, 6.07) is 11.9. The first kappa shape index (κ1) is 21.4. The van der Waals surface area contributed by atoms with Gasteiger partial charge in [0, 0.05) is 5.56 Å². The number of benzene rings is 2. The maximum Gasteiger partial charge on any atom is 0.338 e. The van der Waals surface area contributed by atoms with E-state index in [4.69, 9.17) is 9.47 Å². The Morgan fingerprint density at radius 3 is 2.21 bits per heavy atom. The maximum absolute atomic E-state index is 12.1. The third-order valence-corrected chi connectivity index (χ3v) is 3.60. The molecule has 2 aromatic carbocycles. The van der Waals surface area contributed by atoms with Crippen LogP contribution in [-0.4, -0.2) is 44.1 Å². The minimum absolute atomic E-state index is 0.170. The van der Waals surface area contributed by atoms with E-state index in [1.54, 1.807) is 6.92 Å². The normalized spacial score (nSPS) is 9.86. The van der Waals surface area contributed by atoms with Crippen LogP contribution in [0.4, 0.5) is 0 Å². The standard InChI is InChI=1S/C20H20N2O7/c1-3-28-20(26)13-7-9-16(10-8-13)29-12-17(23)21-22-18(24)14-5-4-6-15(11-14)19(25)27-2/h4-11H,3,12H2,1-2H3,(H,21,23)(H,22,24). The predicted molar refractivity (Wildman–Crippen MR) is 101 cm³/mol. The molecule has 152 valence electrons. The zero-order valence-electron chi connectivity index (χ0n) is 15.9. The van der Waals surface area contributed by atoms with Crippen LogP contribution in [0.3, 0.4) is 0 Å². The van der Waals surface area contributed by atoms with Crippen LogP contribution in [0.25, 0.3) is 0 Å². The highest BCUT2D eigenvalue weighted by molar-refractivity contribution is 5.98. The van der Waals surface area contributed by atoms with Gasteiger partial charge >= 0.3 is 11.9 Å². The highest BCUT2D eigenvalue weighted by Crippen LogP contribution is 2.13. The zero-order chi connectivity index (χ0) is 21.2. The van der Waals surface area contributed by atoms with Gasteiger partial charge in [0.25, 0.3) is 11.8 Å². The van der Waals surface area contributed by atoms with Crippen molar-refractivity contribution in [3.63, 3.8) is 0 Å². The topological polar surface area (TPSA) is 120 Å². The van der Waals surface area contributed by atoms with E-state index in [1.165, 1.54) is 55.6 Å². The predicted octanol–water partition coefficient (Wildman–Crippen LogP) is 1.49. The van der Waals surface area contributed by atoms with Gasteiger partial charge in [-0.1, -0.05) is 6.07 Å². The molecule has 0 heterocycles. The molecule has 0 spiro atoms. The quantitative estimate of drug-likeness (QED) is 0.534. The first-order valence-corrected chi connectivity index (χ1v) is 8.62. The molecule has 2 rings (SSSR count). The van der Waals surface area contributed by atoms with Gasteiger partial charge < -0.3 is 14.2 Å². The van der Waals surface area contributed by atoms with Crippen molar-refractivity contribution in [2.75, 3.05) is 20.3 Å². The van der Waals surface area contributed by atoms with E-state index in [-0.39, 0.29) is 24.3 Å². The van der Waals surface area contributed by atoms with Crippen molar-refractivity contribution in [2.45, 2.75) is 6.92 Å². The number of hydrogen-bond acceptors (Lipinski definition) is 7. The molecule has 2 N–H and O–H groups in total. The number of carbonyl (C=O) groups is 4. The molecule has 2 amide bonds. The summed E-state index contributed by atoms with van der Waals surface area (Å²) >= 11 is 0. The fourth-order valence-electron chi connectivity index (χ4n) is 2.19. The summed E-state index contributed by atoms with van der Waals surface area (Å²) in [6.45, 7) is 1.62. The van der Waals surface area contributed by atoms with E-state index in [9.17, 15) is 19.2 Å². The minimum atomic E-state index is -0.608. The molecule has 9 heteroatoms. The van der Waals surface area contributed by atoms with Gasteiger partial charge in [0.2, 0.25) is 0 Å². The van der Waals surface area contributed by atoms with E-state index in [1.807, 2.05) is 0 Å². The van der Waals surface area contributed by atoms with Crippen LogP contribution in [0.5, 0.6) is 5.75 Å². The fourth-order valence-corrected chi connectivity index (χ4v) is 2.19. The van der Waals surface area contributed by atoms with Crippen LogP contribution in [0.15, 0.2) is 48.5 Å². The Hall–Kier alpha value is -3.88. The smallest absolute Gasteiger partial charge is 0.338 e. The van der Waals surface area contributed by atoms with Crippen LogP contribution in [0.2, 0.25) is 0 Å². The number of rotatable bonds is 7. The van der Waals surface area contributed by atoms with Crippen molar-refractivity contribution < 1.29 is 33.4 Å². The highest BCUT2D eigenvalue weighted by Gasteiger charge is 2.12. The van der Waals surface area contributed by atoms with Crippen molar-refractivity contribution in [3.05, 3.63) is 65.2 Å². The van der Waals surface area contributed by atoms with Gasteiger partial charge in [-0.15, -0.1) is 0 Å². The third kappa shape index (κ3) is 6.35. The van der Waals surface area contributed by atoms with E-state index >= 15 is 0 Å². The average Bonchev–Trinajstić information content (AvgIpc) is 2.76. The largest absolute Gasteiger partial charge is 0.484 e. The lowest BCUT2D eigenvalue weighted by atomic mass is 10.1. The molecule has 0 aromatic heterocycles. The molecule has 0 unspecified atom stereocenters. The van der Waals surface area contributed by atoms with E-state index in [0.29, 0.717) is 11.3 Å². The Labute approximate surface area is 166 Å². The number of carbonyl (C=O) groups excluding carboxylic acids is 4. The van der Waals surface area contributed by atoms with Crippen LogP contribution in [0.1, 0.15) is 38.0 Å². The lowest BCUT2D eigenvalue weighted by molar-refractivity contribution is -0.123. The second kappa shape index (κ2) is 10.5.